The summed E-state index contributed by atoms with van der Waals surface area (Å²) in [5.41, 5.74) is 2.47. The number of nitrogens with one attached hydrogen (secondary N) is 4. The summed E-state index contributed by atoms with van der Waals surface area (Å²) < 4.78 is 39.4. The molecular formula is C22H27F3N6O3. The molecule has 4 N–H and O–H groups in total. The minimum Gasteiger partial charge on any atom is -0.355 e. The summed E-state index contributed by atoms with van der Waals surface area (Å²) in [5.74, 6) is -2.06. The molecule has 0 spiro atoms. The van der Waals surface area contributed by atoms with E-state index >= 15 is 0 Å². The Bertz CT molecular complexity index is 1050. The normalized spacial score (nSPS) is 17.2. The topological polar surface area (TPSA) is 117 Å². The molecule has 1 unspecified atom stereocenters. The molecule has 1 saturated heterocycles. The van der Waals surface area contributed by atoms with Gasteiger partial charge in [0.25, 0.3) is 11.8 Å². The van der Waals surface area contributed by atoms with Gasteiger partial charge in [-0.25, -0.2) is 0 Å². The van der Waals surface area contributed by atoms with E-state index in [1.54, 1.807) is 7.05 Å². The van der Waals surface area contributed by atoms with Gasteiger partial charge in [0.1, 0.15) is 5.41 Å². The minimum atomic E-state index is -4.46. The van der Waals surface area contributed by atoms with Crippen molar-refractivity contribution in [1.29, 1.82) is 0 Å². The molecule has 0 radical (unpaired) electrons. The zero-order valence-electron chi connectivity index (χ0n) is 19.0. The van der Waals surface area contributed by atoms with E-state index in [1.165, 1.54) is 35.5 Å². The second-order valence-electron chi connectivity index (χ2n) is 7.56. The molecule has 34 heavy (non-hydrogen) atoms. The van der Waals surface area contributed by atoms with Crippen LogP contribution in [0.1, 0.15) is 42.7 Å². The van der Waals surface area contributed by atoms with Gasteiger partial charge in [-0.2, -0.15) is 18.3 Å². The molecule has 0 aliphatic carbocycles. The van der Waals surface area contributed by atoms with Crippen LogP contribution < -0.4 is 21.5 Å². The molecule has 0 saturated carbocycles. The molecule has 1 fully saturated rings. The number of nitrogens with zero attached hydrogens (tertiary/aromatic N) is 2. The SMILES string of the molecule is C=CC1(C(=O)NNC(=O)c2nn(C)cc2Nc2ccc(C(F)(F)F)cc2)CCNC1=O.CCC. The van der Waals surface area contributed by atoms with Gasteiger partial charge in [-0.1, -0.05) is 26.3 Å². The fourth-order valence-corrected chi connectivity index (χ4v) is 3.08. The Balaban J connectivity index is 0.00000129. The highest BCUT2D eigenvalue weighted by Crippen LogP contribution is 2.31. The molecule has 1 aromatic heterocycles. The third-order valence-electron chi connectivity index (χ3n) is 4.79. The van der Waals surface area contributed by atoms with Gasteiger partial charge < -0.3 is 10.6 Å². The van der Waals surface area contributed by atoms with Gasteiger partial charge >= 0.3 is 6.18 Å². The lowest BCUT2D eigenvalue weighted by Gasteiger charge is -2.20. The molecule has 2 aromatic rings. The highest BCUT2D eigenvalue weighted by molar-refractivity contribution is 6.09. The monoisotopic (exact) mass is 480 g/mol. The summed E-state index contributed by atoms with van der Waals surface area (Å²) in [6.07, 6.45) is -0.351. The van der Waals surface area contributed by atoms with Crippen LogP contribution in [0.4, 0.5) is 24.5 Å². The number of amides is 3. The summed E-state index contributed by atoms with van der Waals surface area (Å²) >= 11 is 0. The van der Waals surface area contributed by atoms with Crippen molar-refractivity contribution in [3.63, 3.8) is 0 Å². The van der Waals surface area contributed by atoms with Crippen molar-refractivity contribution in [2.24, 2.45) is 12.5 Å². The van der Waals surface area contributed by atoms with Crippen LogP contribution in [0.5, 0.6) is 0 Å². The number of aryl methyl sites for hydroxylation is 1. The molecular weight excluding hydrogens is 453 g/mol. The maximum absolute atomic E-state index is 12.7. The predicted molar refractivity (Wildman–Crippen MR) is 120 cm³/mol. The molecule has 1 atom stereocenters. The van der Waals surface area contributed by atoms with Crippen molar-refractivity contribution < 1.29 is 27.6 Å². The smallest absolute Gasteiger partial charge is 0.355 e. The number of hydrogen-bond donors (Lipinski definition) is 4. The number of hydrogen-bond acceptors (Lipinski definition) is 5. The number of benzene rings is 1. The van der Waals surface area contributed by atoms with Crippen LogP contribution in [-0.2, 0) is 22.8 Å². The molecule has 3 amide bonds. The minimum absolute atomic E-state index is 0.119. The van der Waals surface area contributed by atoms with Crippen molar-refractivity contribution in [3.05, 3.63) is 54.4 Å². The quantitative estimate of drug-likeness (QED) is 0.298. The Hall–Kier alpha value is -3.83. The van der Waals surface area contributed by atoms with Gasteiger partial charge in [0, 0.05) is 25.5 Å². The number of carbonyl (C=O) groups excluding carboxylic acids is 3. The number of alkyl halides is 3. The number of halogens is 3. The van der Waals surface area contributed by atoms with Crippen molar-refractivity contribution in [2.45, 2.75) is 32.9 Å². The van der Waals surface area contributed by atoms with Crippen LogP contribution in [0.2, 0.25) is 0 Å². The highest BCUT2D eigenvalue weighted by Gasteiger charge is 2.46. The Morgan fingerprint density at radius 3 is 2.35 bits per heavy atom. The zero-order valence-corrected chi connectivity index (χ0v) is 19.0. The Morgan fingerprint density at radius 2 is 1.85 bits per heavy atom. The molecule has 1 aromatic carbocycles. The molecule has 2 heterocycles. The molecule has 12 heteroatoms. The standard InChI is InChI=1S/C19H19F3N6O3.C3H8/c1-3-18(8-9-23-16(18)30)17(31)26-25-15(29)14-13(10-28(2)27-14)24-12-6-4-11(5-7-12)19(20,21)22;1-3-2/h3-7,10,24H,1,8-9H2,2H3,(H,23,30)(H,25,29)(H,26,31);3H2,1-2H3. The van der Waals surface area contributed by atoms with Crippen molar-refractivity contribution in [2.75, 3.05) is 11.9 Å². The maximum atomic E-state index is 12.7. The van der Waals surface area contributed by atoms with Gasteiger partial charge in [-0.05, 0) is 30.7 Å². The van der Waals surface area contributed by atoms with Crippen LogP contribution in [0.15, 0.2) is 43.1 Å². The number of aromatic nitrogens is 2. The van der Waals surface area contributed by atoms with Gasteiger partial charge in [0.2, 0.25) is 5.91 Å². The lowest BCUT2D eigenvalue weighted by molar-refractivity contribution is -0.139. The zero-order chi connectivity index (χ0) is 25.5. The van der Waals surface area contributed by atoms with E-state index in [-0.39, 0.29) is 17.8 Å². The van der Waals surface area contributed by atoms with Gasteiger partial charge in [0.05, 0.1) is 11.3 Å². The van der Waals surface area contributed by atoms with Crippen LogP contribution in [-0.4, -0.2) is 34.0 Å². The first kappa shape index (κ1) is 26.4. The number of hydrazine groups is 1. The second-order valence-corrected chi connectivity index (χ2v) is 7.56. The third-order valence-corrected chi connectivity index (χ3v) is 4.79. The van der Waals surface area contributed by atoms with Crippen molar-refractivity contribution in [1.82, 2.24) is 25.9 Å². The first-order valence-corrected chi connectivity index (χ1v) is 10.5. The Kier molecular flexibility index (Phi) is 8.44. The lowest BCUT2D eigenvalue weighted by Crippen LogP contribution is -2.51. The summed E-state index contributed by atoms with van der Waals surface area (Å²) in [6.45, 7) is 8.08. The Morgan fingerprint density at radius 1 is 1.24 bits per heavy atom. The van der Waals surface area contributed by atoms with E-state index in [0.29, 0.717) is 12.2 Å². The number of rotatable bonds is 5. The average molecular weight is 480 g/mol. The van der Waals surface area contributed by atoms with Crippen molar-refractivity contribution >= 4 is 29.1 Å². The number of anilines is 2. The van der Waals surface area contributed by atoms with E-state index in [9.17, 15) is 27.6 Å². The average Bonchev–Trinajstić information content (AvgIpc) is 3.34. The highest BCUT2D eigenvalue weighted by atomic mass is 19.4. The predicted octanol–water partition coefficient (Wildman–Crippen LogP) is 3.05. The van der Waals surface area contributed by atoms with Gasteiger partial charge in [0.15, 0.2) is 5.69 Å². The molecule has 1 aliphatic rings. The molecule has 184 valence electrons. The fourth-order valence-electron chi connectivity index (χ4n) is 3.08. The van der Waals surface area contributed by atoms with E-state index in [0.717, 1.165) is 12.1 Å². The summed E-state index contributed by atoms with van der Waals surface area (Å²) in [6, 6.07) is 4.23. The summed E-state index contributed by atoms with van der Waals surface area (Å²) in [7, 11) is 1.54. The first-order chi connectivity index (χ1) is 16.0. The van der Waals surface area contributed by atoms with E-state index < -0.39 is 34.9 Å². The van der Waals surface area contributed by atoms with E-state index in [4.69, 9.17) is 0 Å². The third kappa shape index (κ3) is 5.94. The summed E-state index contributed by atoms with van der Waals surface area (Å²) in [4.78, 5) is 37.0. The van der Waals surface area contributed by atoms with Crippen LogP contribution >= 0.6 is 0 Å². The largest absolute Gasteiger partial charge is 0.416 e. The van der Waals surface area contributed by atoms with E-state index in [2.05, 4.69) is 47.0 Å². The van der Waals surface area contributed by atoms with Gasteiger partial charge in [-0.15, -0.1) is 6.58 Å². The van der Waals surface area contributed by atoms with Crippen LogP contribution in [0.3, 0.4) is 0 Å². The first-order valence-electron chi connectivity index (χ1n) is 10.5. The maximum Gasteiger partial charge on any atom is 0.416 e. The van der Waals surface area contributed by atoms with Crippen LogP contribution in [0.25, 0.3) is 0 Å². The second kappa shape index (κ2) is 10.9. The van der Waals surface area contributed by atoms with Crippen molar-refractivity contribution in [3.8, 4) is 0 Å². The van der Waals surface area contributed by atoms with E-state index in [1.807, 2.05) is 0 Å². The molecule has 9 nitrogen and oxygen atoms in total. The van der Waals surface area contributed by atoms with Gasteiger partial charge in [-0.3, -0.25) is 29.9 Å². The number of carbonyl (C=O) groups is 3. The molecule has 1 aliphatic heterocycles. The summed E-state index contributed by atoms with van der Waals surface area (Å²) in [5, 5.41) is 9.35. The lowest BCUT2D eigenvalue weighted by atomic mass is 9.86. The molecule has 0 bridgehead atoms. The molecule has 3 rings (SSSR count). The van der Waals surface area contributed by atoms with Crippen LogP contribution in [0, 0.1) is 5.41 Å². The Labute approximate surface area is 194 Å². The fraction of sp³-hybridized carbons (Fsp3) is 0.364.